The van der Waals surface area contributed by atoms with Crippen LogP contribution in [0.25, 0.3) is 11.1 Å². The van der Waals surface area contributed by atoms with Crippen LogP contribution < -0.4 is 9.62 Å². The van der Waals surface area contributed by atoms with E-state index < -0.39 is 0 Å². The largest absolute Gasteiger partial charge is 0.315 e. The third-order valence-electron chi connectivity index (χ3n) is 4.56. The molecule has 1 aliphatic rings. The number of nitrogens with zero attached hydrogens (tertiary/aromatic N) is 2. The molecule has 0 spiro atoms. The van der Waals surface area contributed by atoms with Gasteiger partial charge in [-0.3, -0.25) is 14.5 Å². The lowest BCUT2D eigenvalue weighted by molar-refractivity contribution is -0.118. The molecule has 1 amide bonds. The maximum absolute atomic E-state index is 11.8. The molecule has 2 aromatic rings. The molecule has 0 atom stereocenters. The van der Waals surface area contributed by atoms with E-state index in [4.69, 9.17) is 0 Å². The number of carbonyl (C=O) groups excluding carboxylic acids is 1. The third-order valence-corrected chi connectivity index (χ3v) is 5.20. The van der Waals surface area contributed by atoms with Gasteiger partial charge < -0.3 is 4.90 Å². The van der Waals surface area contributed by atoms with Crippen LogP contribution in [0, 0.1) is 6.92 Å². The molecule has 0 bridgehead atoms. The molecule has 1 aromatic heterocycles. The molecule has 2 heterocycles. The summed E-state index contributed by atoms with van der Waals surface area (Å²) in [5.41, 5.74) is 7.08. The maximum Gasteiger partial charge on any atom is 0.227 e. The Morgan fingerprint density at radius 1 is 1.29 bits per heavy atom. The van der Waals surface area contributed by atoms with Crippen LogP contribution in [0.5, 0.6) is 0 Å². The summed E-state index contributed by atoms with van der Waals surface area (Å²) in [5, 5.41) is 0. The number of hydrogen-bond acceptors (Lipinski definition) is 4. The number of carbonyl (C=O) groups is 1. The SMILES string of the molecule is CCSNCc1cncc(-c2ccc3c(c2)CCC(=O)N3C)c1C. The molecule has 1 aliphatic heterocycles. The summed E-state index contributed by atoms with van der Waals surface area (Å²) in [5.74, 6) is 1.23. The van der Waals surface area contributed by atoms with Gasteiger partial charge >= 0.3 is 0 Å². The van der Waals surface area contributed by atoms with Gasteiger partial charge in [-0.25, -0.2) is 0 Å². The van der Waals surface area contributed by atoms with Crippen molar-refractivity contribution in [2.45, 2.75) is 33.2 Å². The zero-order valence-corrected chi connectivity index (χ0v) is 15.2. The number of amides is 1. The first kappa shape index (κ1) is 17.0. The van der Waals surface area contributed by atoms with Crippen molar-refractivity contribution in [3.8, 4) is 11.1 Å². The Morgan fingerprint density at radius 2 is 2.12 bits per heavy atom. The van der Waals surface area contributed by atoms with Crippen molar-refractivity contribution in [3.05, 3.63) is 47.3 Å². The van der Waals surface area contributed by atoms with Crippen molar-refractivity contribution in [3.63, 3.8) is 0 Å². The Hall–Kier alpha value is -1.85. The van der Waals surface area contributed by atoms with Crippen LogP contribution in [0.3, 0.4) is 0 Å². The molecule has 24 heavy (non-hydrogen) atoms. The van der Waals surface area contributed by atoms with Gasteiger partial charge in [-0.05, 0) is 47.7 Å². The van der Waals surface area contributed by atoms with Gasteiger partial charge in [-0.2, -0.15) is 0 Å². The molecule has 0 radical (unpaired) electrons. The van der Waals surface area contributed by atoms with E-state index in [2.05, 4.69) is 41.8 Å². The molecule has 1 aromatic carbocycles. The second kappa shape index (κ2) is 7.36. The minimum Gasteiger partial charge on any atom is -0.315 e. The first-order valence-corrected chi connectivity index (χ1v) is 9.28. The molecule has 0 fully saturated rings. The summed E-state index contributed by atoms with van der Waals surface area (Å²) in [6.07, 6.45) is 5.27. The number of aryl methyl sites for hydroxylation is 1. The van der Waals surface area contributed by atoms with Gasteiger partial charge in [-0.1, -0.05) is 24.9 Å². The number of benzene rings is 1. The van der Waals surface area contributed by atoms with Crippen LogP contribution in [0.15, 0.2) is 30.6 Å². The van der Waals surface area contributed by atoms with Gasteiger partial charge in [0.1, 0.15) is 0 Å². The summed E-state index contributed by atoms with van der Waals surface area (Å²) >= 11 is 1.72. The predicted molar refractivity (Wildman–Crippen MR) is 101 cm³/mol. The number of hydrogen-bond donors (Lipinski definition) is 1. The Labute approximate surface area is 147 Å². The van der Waals surface area contributed by atoms with Crippen LogP contribution in [0.4, 0.5) is 5.69 Å². The van der Waals surface area contributed by atoms with Crippen LogP contribution in [-0.4, -0.2) is 23.7 Å². The Bertz CT molecular complexity index is 760. The van der Waals surface area contributed by atoms with Crippen LogP contribution in [0.2, 0.25) is 0 Å². The molecule has 1 N–H and O–H groups in total. The Morgan fingerprint density at radius 3 is 2.92 bits per heavy atom. The highest BCUT2D eigenvalue weighted by Gasteiger charge is 2.21. The Balaban J connectivity index is 1.92. The number of anilines is 1. The van der Waals surface area contributed by atoms with Gasteiger partial charge in [0.05, 0.1) is 0 Å². The molecular formula is C19H23N3OS. The fourth-order valence-electron chi connectivity index (χ4n) is 3.09. The zero-order chi connectivity index (χ0) is 17.1. The first-order valence-electron chi connectivity index (χ1n) is 8.29. The van der Waals surface area contributed by atoms with Gasteiger partial charge in [-0.15, -0.1) is 0 Å². The molecular weight excluding hydrogens is 318 g/mol. The minimum absolute atomic E-state index is 0.189. The van der Waals surface area contributed by atoms with E-state index in [0.717, 1.165) is 30.0 Å². The molecule has 4 nitrogen and oxygen atoms in total. The van der Waals surface area contributed by atoms with E-state index >= 15 is 0 Å². The van der Waals surface area contributed by atoms with E-state index in [1.165, 1.54) is 22.3 Å². The molecule has 0 saturated carbocycles. The predicted octanol–water partition coefficient (Wildman–Crippen LogP) is 3.72. The normalized spacial score (nSPS) is 14.0. The number of aromatic nitrogens is 1. The highest BCUT2D eigenvalue weighted by atomic mass is 32.2. The summed E-state index contributed by atoms with van der Waals surface area (Å²) in [6, 6.07) is 6.36. The third kappa shape index (κ3) is 3.32. The van der Waals surface area contributed by atoms with E-state index in [1.807, 2.05) is 19.4 Å². The van der Waals surface area contributed by atoms with Crippen molar-refractivity contribution in [2.75, 3.05) is 17.7 Å². The summed E-state index contributed by atoms with van der Waals surface area (Å²) in [4.78, 5) is 18.0. The summed E-state index contributed by atoms with van der Waals surface area (Å²) in [6.45, 7) is 5.10. The standard InChI is InChI=1S/C19H23N3OS/c1-4-24-21-11-16-10-20-12-17(13(16)2)14-5-7-18-15(9-14)6-8-19(23)22(18)3/h5,7,9-10,12,21H,4,6,8,11H2,1-3H3. The van der Waals surface area contributed by atoms with E-state index in [-0.39, 0.29) is 5.91 Å². The highest BCUT2D eigenvalue weighted by Crippen LogP contribution is 2.33. The second-order valence-electron chi connectivity index (χ2n) is 6.02. The van der Waals surface area contributed by atoms with Crippen molar-refractivity contribution in [1.29, 1.82) is 0 Å². The second-order valence-corrected chi connectivity index (χ2v) is 7.18. The van der Waals surface area contributed by atoms with E-state index in [0.29, 0.717) is 6.42 Å². The van der Waals surface area contributed by atoms with Crippen LogP contribution >= 0.6 is 11.9 Å². The van der Waals surface area contributed by atoms with Gasteiger partial charge in [0.15, 0.2) is 0 Å². The highest BCUT2D eigenvalue weighted by molar-refractivity contribution is 7.97. The summed E-state index contributed by atoms with van der Waals surface area (Å²) < 4.78 is 3.36. The number of fused-ring (bicyclic) bond motifs is 1. The first-order chi connectivity index (χ1) is 11.6. The molecule has 0 saturated heterocycles. The van der Waals surface area contributed by atoms with E-state index in [1.54, 1.807) is 16.8 Å². The molecule has 126 valence electrons. The maximum atomic E-state index is 11.8. The molecule has 0 aliphatic carbocycles. The van der Waals surface area contributed by atoms with Crippen molar-refractivity contribution < 1.29 is 4.79 Å². The monoisotopic (exact) mass is 341 g/mol. The average Bonchev–Trinajstić information content (AvgIpc) is 2.60. The molecule has 0 unspecified atom stereocenters. The fraction of sp³-hybridized carbons (Fsp3) is 0.368. The van der Waals surface area contributed by atoms with Gasteiger partial charge in [0, 0.05) is 49.4 Å². The quantitative estimate of drug-likeness (QED) is 0.665. The van der Waals surface area contributed by atoms with E-state index in [9.17, 15) is 4.79 Å². The van der Waals surface area contributed by atoms with Crippen molar-refractivity contribution in [2.24, 2.45) is 0 Å². The van der Waals surface area contributed by atoms with Gasteiger partial charge in [0.25, 0.3) is 0 Å². The number of nitrogens with one attached hydrogen (secondary N) is 1. The fourth-order valence-corrected chi connectivity index (χ4v) is 3.55. The lowest BCUT2D eigenvalue weighted by Gasteiger charge is -2.26. The minimum atomic E-state index is 0.189. The smallest absolute Gasteiger partial charge is 0.227 e. The lowest BCUT2D eigenvalue weighted by atomic mass is 9.94. The van der Waals surface area contributed by atoms with Crippen LogP contribution in [-0.2, 0) is 17.8 Å². The van der Waals surface area contributed by atoms with Crippen molar-refractivity contribution in [1.82, 2.24) is 9.71 Å². The lowest BCUT2D eigenvalue weighted by Crippen LogP contribution is -2.30. The Kier molecular flexibility index (Phi) is 5.21. The zero-order valence-electron chi connectivity index (χ0n) is 14.4. The van der Waals surface area contributed by atoms with Crippen molar-refractivity contribution >= 4 is 23.5 Å². The number of pyridine rings is 1. The number of rotatable bonds is 5. The summed E-state index contributed by atoms with van der Waals surface area (Å²) in [7, 11) is 1.85. The average molecular weight is 341 g/mol. The molecule has 3 rings (SSSR count). The van der Waals surface area contributed by atoms with Gasteiger partial charge in [0.2, 0.25) is 5.91 Å². The van der Waals surface area contributed by atoms with Crippen LogP contribution in [0.1, 0.15) is 30.0 Å². The topological polar surface area (TPSA) is 45.2 Å². The molecule has 5 heteroatoms.